The van der Waals surface area contributed by atoms with E-state index < -0.39 is 6.10 Å². The molecule has 0 aliphatic carbocycles. The van der Waals surface area contributed by atoms with Gasteiger partial charge in [0.25, 0.3) is 5.91 Å². The number of benzene rings is 1. The summed E-state index contributed by atoms with van der Waals surface area (Å²) in [4.78, 5) is 41.4. The molecule has 0 bridgehead atoms. The van der Waals surface area contributed by atoms with Crippen molar-refractivity contribution in [3.05, 3.63) is 29.3 Å². The number of amides is 4. The van der Waals surface area contributed by atoms with Gasteiger partial charge in [0.2, 0.25) is 5.91 Å². The van der Waals surface area contributed by atoms with Crippen LogP contribution < -0.4 is 10.1 Å². The Bertz CT molecular complexity index is 755. The zero-order valence-corrected chi connectivity index (χ0v) is 16.9. The zero-order chi connectivity index (χ0) is 20.4. The van der Waals surface area contributed by atoms with Crippen LogP contribution in [0.4, 0.5) is 4.79 Å². The second-order valence-corrected chi connectivity index (χ2v) is 7.44. The number of urea groups is 1. The summed E-state index contributed by atoms with van der Waals surface area (Å²) in [6, 6.07) is 5.44. The van der Waals surface area contributed by atoms with Gasteiger partial charge in [-0.3, -0.25) is 19.4 Å². The van der Waals surface area contributed by atoms with Gasteiger partial charge in [0.15, 0.2) is 6.10 Å². The third-order valence-electron chi connectivity index (χ3n) is 5.61. The van der Waals surface area contributed by atoms with Gasteiger partial charge in [-0.05, 0) is 38.0 Å². The van der Waals surface area contributed by atoms with E-state index in [0.717, 1.165) is 21.8 Å². The molecule has 8 heteroatoms. The summed E-state index contributed by atoms with van der Waals surface area (Å²) in [7, 11) is 1.47. The summed E-state index contributed by atoms with van der Waals surface area (Å²) < 4.78 is 5.91. The first-order valence-electron chi connectivity index (χ1n) is 9.60. The molecule has 2 fully saturated rings. The number of aryl methyl sites for hydroxylation is 1. The minimum atomic E-state index is -0.573. The van der Waals surface area contributed by atoms with Crippen molar-refractivity contribution in [2.45, 2.75) is 39.5 Å². The summed E-state index contributed by atoms with van der Waals surface area (Å²) in [6.45, 7) is 8.05. The highest BCUT2D eigenvalue weighted by Crippen LogP contribution is 2.22. The lowest BCUT2D eigenvalue weighted by molar-refractivity contribution is -0.141. The van der Waals surface area contributed by atoms with Crippen molar-refractivity contribution in [1.29, 1.82) is 0 Å². The molecule has 4 amide bonds. The van der Waals surface area contributed by atoms with Gasteiger partial charge in [-0.15, -0.1) is 0 Å². The summed E-state index contributed by atoms with van der Waals surface area (Å²) in [5.74, 6) is 0.485. The molecule has 0 saturated carbocycles. The molecule has 152 valence electrons. The van der Waals surface area contributed by atoms with Crippen molar-refractivity contribution in [3.63, 3.8) is 0 Å². The van der Waals surface area contributed by atoms with Gasteiger partial charge in [0.05, 0.1) is 12.6 Å². The van der Waals surface area contributed by atoms with E-state index in [1.807, 2.05) is 36.9 Å². The molecule has 3 rings (SSSR count). The van der Waals surface area contributed by atoms with Crippen LogP contribution in [-0.4, -0.2) is 78.0 Å². The number of ether oxygens (including phenoxy) is 1. The molecule has 2 aliphatic heterocycles. The highest BCUT2D eigenvalue weighted by molar-refractivity contribution is 5.96. The smallest absolute Gasteiger partial charge is 0.325 e. The maximum absolute atomic E-state index is 12.8. The van der Waals surface area contributed by atoms with Crippen LogP contribution >= 0.6 is 0 Å². The Morgan fingerprint density at radius 3 is 2.50 bits per heavy atom. The molecule has 2 unspecified atom stereocenters. The Labute approximate surface area is 165 Å². The molecule has 0 aromatic heterocycles. The van der Waals surface area contributed by atoms with Crippen LogP contribution in [0.25, 0.3) is 0 Å². The van der Waals surface area contributed by atoms with E-state index in [0.29, 0.717) is 26.2 Å². The van der Waals surface area contributed by atoms with E-state index in [1.54, 1.807) is 11.8 Å². The highest BCUT2D eigenvalue weighted by atomic mass is 16.5. The number of piperazine rings is 1. The summed E-state index contributed by atoms with van der Waals surface area (Å²) in [5, 5.41) is 2.84. The van der Waals surface area contributed by atoms with E-state index in [4.69, 9.17) is 4.74 Å². The second kappa shape index (κ2) is 8.18. The molecule has 1 aromatic carbocycles. The summed E-state index contributed by atoms with van der Waals surface area (Å²) in [5.41, 5.74) is 2.16. The number of rotatable bonds is 4. The molecule has 2 aliphatic rings. The van der Waals surface area contributed by atoms with Crippen molar-refractivity contribution >= 4 is 17.8 Å². The number of nitrogens with zero attached hydrogens (tertiary/aromatic N) is 3. The Hall–Kier alpha value is -2.61. The normalized spacial score (nSPS) is 22.1. The summed E-state index contributed by atoms with van der Waals surface area (Å²) in [6.07, 6.45) is -0.628. The molecule has 2 saturated heterocycles. The van der Waals surface area contributed by atoms with Crippen LogP contribution in [0.2, 0.25) is 0 Å². The number of carbonyl (C=O) groups excluding carboxylic acids is 3. The molecule has 1 aromatic rings. The predicted octanol–water partition coefficient (Wildman–Crippen LogP) is 1.11. The van der Waals surface area contributed by atoms with E-state index in [1.165, 1.54) is 7.05 Å². The molecule has 28 heavy (non-hydrogen) atoms. The number of carbonyl (C=O) groups is 3. The van der Waals surface area contributed by atoms with Crippen LogP contribution in [0.1, 0.15) is 24.5 Å². The molecular formula is C20H28N4O4. The van der Waals surface area contributed by atoms with E-state index in [9.17, 15) is 14.4 Å². The maximum atomic E-state index is 12.8. The summed E-state index contributed by atoms with van der Waals surface area (Å²) >= 11 is 0. The van der Waals surface area contributed by atoms with Crippen molar-refractivity contribution < 1.29 is 19.1 Å². The van der Waals surface area contributed by atoms with E-state index >= 15 is 0 Å². The number of hydrogen-bond acceptors (Lipinski definition) is 5. The van der Waals surface area contributed by atoms with Gasteiger partial charge in [-0.2, -0.15) is 0 Å². The Balaban J connectivity index is 1.54. The monoisotopic (exact) mass is 388 g/mol. The van der Waals surface area contributed by atoms with Gasteiger partial charge in [0.1, 0.15) is 5.75 Å². The SMILES string of the molecule is Cc1cccc(OC(C)C(=O)N2CCN(C3CC(=O)N(C)C(=O)N3)CC2)c1C. The van der Waals surface area contributed by atoms with E-state index in [2.05, 4.69) is 5.32 Å². The zero-order valence-electron chi connectivity index (χ0n) is 16.9. The average molecular weight is 388 g/mol. The van der Waals surface area contributed by atoms with E-state index in [-0.39, 0.29) is 30.4 Å². The van der Waals surface area contributed by atoms with Crippen LogP contribution in [0.3, 0.4) is 0 Å². The first-order chi connectivity index (χ1) is 13.3. The first-order valence-corrected chi connectivity index (χ1v) is 9.60. The first kappa shape index (κ1) is 20.1. The fourth-order valence-corrected chi connectivity index (χ4v) is 3.53. The molecule has 2 heterocycles. The quantitative estimate of drug-likeness (QED) is 0.836. The lowest BCUT2D eigenvalue weighted by atomic mass is 10.1. The standard InChI is InChI=1S/C20H28N4O4/c1-13-6-5-7-16(14(13)2)28-15(3)19(26)24-10-8-23(9-11-24)17-12-18(25)22(4)20(27)21-17/h5-7,15,17H,8-12H2,1-4H3,(H,21,27). The topological polar surface area (TPSA) is 82.2 Å². The molecule has 2 atom stereocenters. The molecular weight excluding hydrogens is 360 g/mol. The van der Waals surface area contributed by atoms with Gasteiger partial charge >= 0.3 is 6.03 Å². The predicted molar refractivity (Wildman–Crippen MR) is 104 cm³/mol. The van der Waals surface area contributed by atoms with Crippen LogP contribution in [0.5, 0.6) is 5.75 Å². The highest BCUT2D eigenvalue weighted by Gasteiger charge is 2.35. The second-order valence-electron chi connectivity index (χ2n) is 7.44. The van der Waals surface area contributed by atoms with Crippen molar-refractivity contribution in [3.8, 4) is 5.75 Å². The van der Waals surface area contributed by atoms with Crippen molar-refractivity contribution in [1.82, 2.24) is 20.0 Å². The van der Waals surface area contributed by atoms with Gasteiger partial charge in [-0.25, -0.2) is 4.79 Å². The van der Waals surface area contributed by atoms with Crippen molar-refractivity contribution in [2.24, 2.45) is 0 Å². The fraction of sp³-hybridized carbons (Fsp3) is 0.550. The van der Waals surface area contributed by atoms with Crippen LogP contribution in [-0.2, 0) is 9.59 Å². The maximum Gasteiger partial charge on any atom is 0.325 e. The Morgan fingerprint density at radius 2 is 1.86 bits per heavy atom. The number of nitrogens with one attached hydrogen (secondary N) is 1. The minimum absolute atomic E-state index is 0.0518. The number of hydrogen-bond donors (Lipinski definition) is 1. The largest absolute Gasteiger partial charge is 0.481 e. The van der Waals surface area contributed by atoms with Gasteiger partial charge < -0.3 is 15.0 Å². The third kappa shape index (κ3) is 4.11. The third-order valence-corrected chi connectivity index (χ3v) is 5.61. The molecule has 0 spiro atoms. The number of imide groups is 1. The van der Waals surface area contributed by atoms with Crippen LogP contribution in [0, 0.1) is 13.8 Å². The average Bonchev–Trinajstić information content (AvgIpc) is 2.68. The Morgan fingerprint density at radius 1 is 1.18 bits per heavy atom. The van der Waals surface area contributed by atoms with Crippen LogP contribution in [0.15, 0.2) is 18.2 Å². The fourth-order valence-electron chi connectivity index (χ4n) is 3.53. The minimum Gasteiger partial charge on any atom is -0.481 e. The molecule has 0 radical (unpaired) electrons. The molecule has 8 nitrogen and oxygen atoms in total. The van der Waals surface area contributed by atoms with Crippen molar-refractivity contribution in [2.75, 3.05) is 33.2 Å². The lowest BCUT2D eigenvalue weighted by Crippen LogP contribution is -2.63. The Kier molecular flexibility index (Phi) is 5.88. The van der Waals surface area contributed by atoms with Gasteiger partial charge in [0, 0.05) is 33.2 Å². The lowest BCUT2D eigenvalue weighted by Gasteiger charge is -2.42. The molecule has 1 N–H and O–H groups in total. The van der Waals surface area contributed by atoms with Gasteiger partial charge in [-0.1, -0.05) is 12.1 Å².